The lowest BCUT2D eigenvalue weighted by atomic mass is 10.2. The molecule has 0 atom stereocenters. The first-order valence-electron chi connectivity index (χ1n) is 5.25. The fraction of sp³-hybridized carbons (Fsp3) is 0.0909. The van der Waals surface area contributed by atoms with E-state index >= 15 is 0 Å². The summed E-state index contributed by atoms with van der Waals surface area (Å²) in [5.41, 5.74) is 3.54. The van der Waals surface area contributed by atoms with Crippen LogP contribution in [0.4, 0.5) is 5.82 Å². The quantitative estimate of drug-likeness (QED) is 0.520. The van der Waals surface area contributed by atoms with Gasteiger partial charge in [-0.15, -0.1) is 0 Å². The van der Waals surface area contributed by atoms with E-state index in [1.807, 2.05) is 12.1 Å². The highest BCUT2D eigenvalue weighted by atomic mass is 16.1. The summed E-state index contributed by atoms with van der Waals surface area (Å²) in [7, 11) is 0. The first kappa shape index (κ1) is 11.9. The van der Waals surface area contributed by atoms with Gasteiger partial charge >= 0.3 is 0 Å². The third-order valence-corrected chi connectivity index (χ3v) is 2.23. The number of carbonyl (C=O) groups excluding carboxylic acids is 1. The molecule has 0 saturated carbocycles. The smallest absolute Gasteiger partial charge is 0.271 e. The lowest BCUT2D eigenvalue weighted by Crippen LogP contribution is -2.24. The second kappa shape index (κ2) is 5.69. The van der Waals surface area contributed by atoms with Crippen LogP contribution in [0.2, 0.25) is 0 Å². The normalized spacial score (nSPS) is 9.83. The summed E-state index contributed by atoms with van der Waals surface area (Å²) in [5, 5.41) is 2.73. The summed E-state index contributed by atoms with van der Waals surface area (Å²) >= 11 is 0. The average Bonchev–Trinajstić information content (AvgIpc) is 2.46. The third-order valence-electron chi connectivity index (χ3n) is 2.23. The molecule has 7 nitrogen and oxygen atoms in total. The Morgan fingerprint density at radius 1 is 1.22 bits per heavy atom. The molecule has 0 unspecified atom stereocenters. The van der Waals surface area contributed by atoms with E-state index in [4.69, 9.17) is 5.84 Å². The van der Waals surface area contributed by atoms with E-state index in [0.717, 1.165) is 5.56 Å². The molecule has 2 rings (SSSR count). The van der Waals surface area contributed by atoms with Gasteiger partial charge in [0, 0.05) is 18.9 Å². The number of nitrogen functional groups attached to an aromatic ring is 1. The fourth-order valence-corrected chi connectivity index (χ4v) is 1.29. The van der Waals surface area contributed by atoms with Crippen molar-refractivity contribution in [3.05, 3.63) is 48.2 Å². The topological polar surface area (TPSA) is 106 Å². The van der Waals surface area contributed by atoms with Crippen LogP contribution < -0.4 is 16.6 Å². The van der Waals surface area contributed by atoms with Gasteiger partial charge in [-0.2, -0.15) is 0 Å². The van der Waals surface area contributed by atoms with Gasteiger partial charge in [0.15, 0.2) is 5.82 Å². The zero-order chi connectivity index (χ0) is 12.8. The van der Waals surface area contributed by atoms with Gasteiger partial charge in [0.25, 0.3) is 5.91 Å². The predicted octanol–water partition coefficient (Wildman–Crippen LogP) is 0.0872. The second-order valence-electron chi connectivity index (χ2n) is 3.47. The number of pyridine rings is 1. The van der Waals surface area contributed by atoms with Crippen molar-refractivity contribution in [3.8, 4) is 0 Å². The van der Waals surface area contributed by atoms with Gasteiger partial charge in [-0.05, 0) is 17.7 Å². The maximum absolute atomic E-state index is 11.7. The average molecular weight is 244 g/mol. The van der Waals surface area contributed by atoms with Crippen molar-refractivity contribution in [1.29, 1.82) is 0 Å². The SMILES string of the molecule is NNc1cnc(C(=O)NCc2ccncc2)cn1. The fourth-order valence-electron chi connectivity index (χ4n) is 1.29. The largest absolute Gasteiger partial charge is 0.347 e. The first-order valence-corrected chi connectivity index (χ1v) is 5.25. The molecule has 2 aromatic rings. The minimum Gasteiger partial charge on any atom is -0.347 e. The standard InChI is InChI=1S/C11H12N6O/c12-17-10-7-14-9(6-15-10)11(18)16-5-8-1-3-13-4-2-8/h1-4,6-7H,5,12H2,(H,15,17)(H,16,18). The number of hydrogen-bond acceptors (Lipinski definition) is 6. The molecule has 7 heteroatoms. The second-order valence-corrected chi connectivity index (χ2v) is 3.47. The molecule has 0 saturated heterocycles. The molecular formula is C11H12N6O. The van der Waals surface area contributed by atoms with Crippen LogP contribution in [0.25, 0.3) is 0 Å². The highest BCUT2D eigenvalue weighted by Gasteiger charge is 2.07. The van der Waals surface area contributed by atoms with Crippen LogP contribution >= 0.6 is 0 Å². The lowest BCUT2D eigenvalue weighted by molar-refractivity contribution is 0.0945. The molecule has 92 valence electrons. The predicted molar refractivity (Wildman–Crippen MR) is 65.2 cm³/mol. The van der Waals surface area contributed by atoms with Crippen LogP contribution in [0, 0.1) is 0 Å². The van der Waals surface area contributed by atoms with E-state index in [1.54, 1.807) is 12.4 Å². The van der Waals surface area contributed by atoms with Crippen LogP contribution in [0.1, 0.15) is 16.1 Å². The Morgan fingerprint density at radius 2 is 2.00 bits per heavy atom. The molecule has 1 amide bonds. The molecule has 0 aliphatic carbocycles. The summed E-state index contributed by atoms with van der Waals surface area (Å²) in [5.74, 6) is 5.27. The van der Waals surface area contributed by atoms with Crippen molar-refractivity contribution in [1.82, 2.24) is 20.3 Å². The highest BCUT2D eigenvalue weighted by Crippen LogP contribution is 2.00. The minimum atomic E-state index is -0.289. The van der Waals surface area contributed by atoms with Gasteiger partial charge in [-0.3, -0.25) is 9.78 Å². The number of carbonyl (C=O) groups is 1. The Bertz CT molecular complexity index is 513. The molecule has 0 radical (unpaired) electrons. The van der Waals surface area contributed by atoms with Crippen LogP contribution in [0.5, 0.6) is 0 Å². The van der Waals surface area contributed by atoms with Crippen LogP contribution in [0.3, 0.4) is 0 Å². The molecule has 0 spiro atoms. The number of hydrazine groups is 1. The Balaban J connectivity index is 1.95. The Labute approximate surface area is 103 Å². The molecule has 0 bridgehead atoms. The van der Waals surface area contributed by atoms with Gasteiger partial charge in [0.2, 0.25) is 0 Å². The molecule has 2 heterocycles. The number of nitrogens with zero attached hydrogens (tertiary/aromatic N) is 3. The molecule has 4 N–H and O–H groups in total. The number of amides is 1. The summed E-state index contributed by atoms with van der Waals surface area (Å²) in [4.78, 5) is 23.5. The van der Waals surface area contributed by atoms with E-state index in [9.17, 15) is 4.79 Å². The summed E-state index contributed by atoms with van der Waals surface area (Å²) in [6, 6.07) is 3.65. The van der Waals surface area contributed by atoms with E-state index in [0.29, 0.717) is 12.4 Å². The third kappa shape index (κ3) is 2.98. The van der Waals surface area contributed by atoms with Gasteiger partial charge in [0.05, 0.1) is 12.4 Å². The Hall–Kier alpha value is -2.54. The van der Waals surface area contributed by atoms with Gasteiger partial charge in [-0.25, -0.2) is 15.8 Å². The van der Waals surface area contributed by atoms with Crippen molar-refractivity contribution < 1.29 is 4.79 Å². The van der Waals surface area contributed by atoms with Crippen LogP contribution in [-0.2, 0) is 6.54 Å². The van der Waals surface area contributed by atoms with Gasteiger partial charge in [0.1, 0.15) is 5.69 Å². The highest BCUT2D eigenvalue weighted by molar-refractivity contribution is 5.91. The molecule has 18 heavy (non-hydrogen) atoms. The Morgan fingerprint density at radius 3 is 2.61 bits per heavy atom. The summed E-state index contributed by atoms with van der Waals surface area (Å²) in [6.45, 7) is 0.417. The van der Waals surface area contributed by atoms with E-state index < -0.39 is 0 Å². The molecule has 0 aliphatic rings. The van der Waals surface area contributed by atoms with Crippen LogP contribution in [-0.4, -0.2) is 20.9 Å². The number of anilines is 1. The maximum atomic E-state index is 11.7. The van der Waals surface area contributed by atoms with E-state index in [1.165, 1.54) is 12.4 Å². The number of rotatable bonds is 4. The Kier molecular flexibility index (Phi) is 3.77. The van der Waals surface area contributed by atoms with E-state index in [2.05, 4.69) is 25.7 Å². The van der Waals surface area contributed by atoms with Gasteiger partial charge < -0.3 is 10.7 Å². The van der Waals surface area contributed by atoms with Crippen molar-refractivity contribution in [2.45, 2.75) is 6.54 Å². The maximum Gasteiger partial charge on any atom is 0.271 e. The number of aromatic nitrogens is 3. The van der Waals surface area contributed by atoms with Crippen molar-refractivity contribution in [3.63, 3.8) is 0 Å². The van der Waals surface area contributed by atoms with Crippen LogP contribution in [0.15, 0.2) is 36.9 Å². The molecular weight excluding hydrogens is 232 g/mol. The number of nitrogens with one attached hydrogen (secondary N) is 2. The molecule has 0 aliphatic heterocycles. The summed E-state index contributed by atoms with van der Waals surface area (Å²) < 4.78 is 0. The first-order chi connectivity index (χ1) is 8.79. The van der Waals surface area contributed by atoms with Crippen molar-refractivity contribution >= 4 is 11.7 Å². The molecule has 0 fully saturated rings. The molecule has 2 aromatic heterocycles. The van der Waals surface area contributed by atoms with Gasteiger partial charge in [-0.1, -0.05) is 0 Å². The van der Waals surface area contributed by atoms with E-state index in [-0.39, 0.29) is 11.6 Å². The summed E-state index contributed by atoms with van der Waals surface area (Å²) in [6.07, 6.45) is 6.09. The minimum absolute atomic E-state index is 0.239. The lowest BCUT2D eigenvalue weighted by Gasteiger charge is -2.04. The molecule has 0 aromatic carbocycles. The number of hydrogen-bond donors (Lipinski definition) is 3. The van der Waals surface area contributed by atoms with Crippen molar-refractivity contribution in [2.75, 3.05) is 5.43 Å². The van der Waals surface area contributed by atoms with Crippen molar-refractivity contribution in [2.24, 2.45) is 5.84 Å². The zero-order valence-corrected chi connectivity index (χ0v) is 9.50. The zero-order valence-electron chi connectivity index (χ0n) is 9.50. The monoisotopic (exact) mass is 244 g/mol. The number of nitrogens with two attached hydrogens (primary N) is 1.